The first kappa shape index (κ1) is 23.1. The molecule has 2 atom stereocenters. The van der Waals surface area contributed by atoms with E-state index in [1.165, 1.54) is 11.3 Å². The average molecular weight is 468 g/mol. The highest BCUT2D eigenvalue weighted by atomic mass is 32.1. The SMILES string of the molecule is COc1ccc(-c2csc(N(c3ccc(OC)cc3)[C@H](C)C(=O)NC[C@H]3CCCO3)n2)cc1. The number of carbonyl (C=O) groups is 1. The van der Waals surface area contributed by atoms with Crippen molar-refractivity contribution in [3.63, 3.8) is 0 Å². The van der Waals surface area contributed by atoms with Gasteiger partial charge in [-0.05, 0) is 68.3 Å². The normalized spacial score (nSPS) is 16.3. The Bertz CT molecular complexity index is 1050. The van der Waals surface area contributed by atoms with Gasteiger partial charge in [0.1, 0.15) is 17.5 Å². The van der Waals surface area contributed by atoms with Gasteiger partial charge in [0.05, 0.1) is 26.0 Å². The van der Waals surface area contributed by atoms with E-state index < -0.39 is 6.04 Å². The molecule has 2 heterocycles. The third kappa shape index (κ3) is 5.46. The zero-order valence-electron chi connectivity index (χ0n) is 19.1. The zero-order chi connectivity index (χ0) is 23.2. The number of amides is 1. The number of nitrogens with zero attached hydrogens (tertiary/aromatic N) is 2. The highest BCUT2D eigenvalue weighted by Gasteiger charge is 2.27. The van der Waals surface area contributed by atoms with Crippen LogP contribution in [0.2, 0.25) is 0 Å². The maximum absolute atomic E-state index is 13.1. The molecule has 1 aliphatic rings. The van der Waals surface area contributed by atoms with Crippen molar-refractivity contribution in [2.75, 3.05) is 32.3 Å². The smallest absolute Gasteiger partial charge is 0.242 e. The lowest BCUT2D eigenvalue weighted by molar-refractivity contribution is -0.122. The Morgan fingerprint density at radius 2 is 1.82 bits per heavy atom. The van der Waals surface area contributed by atoms with Gasteiger partial charge in [0.25, 0.3) is 0 Å². The predicted molar refractivity (Wildman–Crippen MR) is 131 cm³/mol. The van der Waals surface area contributed by atoms with Gasteiger partial charge >= 0.3 is 0 Å². The molecule has 1 saturated heterocycles. The van der Waals surface area contributed by atoms with Gasteiger partial charge < -0.3 is 24.4 Å². The maximum atomic E-state index is 13.1. The first-order chi connectivity index (χ1) is 16.1. The molecular weight excluding hydrogens is 438 g/mol. The predicted octanol–water partition coefficient (Wildman–Crippen LogP) is 4.65. The molecule has 0 aliphatic carbocycles. The Balaban J connectivity index is 1.59. The summed E-state index contributed by atoms with van der Waals surface area (Å²) in [5.74, 6) is 1.49. The quantitative estimate of drug-likeness (QED) is 0.494. The molecule has 0 unspecified atom stereocenters. The Kier molecular flexibility index (Phi) is 7.47. The van der Waals surface area contributed by atoms with Crippen LogP contribution in [-0.2, 0) is 9.53 Å². The van der Waals surface area contributed by atoms with Gasteiger partial charge in [0.2, 0.25) is 5.91 Å². The van der Waals surface area contributed by atoms with E-state index in [1.54, 1.807) is 14.2 Å². The van der Waals surface area contributed by atoms with Crippen molar-refractivity contribution in [1.82, 2.24) is 10.3 Å². The zero-order valence-corrected chi connectivity index (χ0v) is 19.9. The van der Waals surface area contributed by atoms with E-state index >= 15 is 0 Å². The van der Waals surface area contributed by atoms with Gasteiger partial charge in [0, 0.05) is 29.8 Å². The number of aromatic nitrogens is 1. The minimum atomic E-state index is -0.463. The lowest BCUT2D eigenvalue weighted by atomic mass is 10.2. The Labute approximate surface area is 198 Å². The number of hydrogen-bond donors (Lipinski definition) is 1. The fraction of sp³-hybridized carbons (Fsp3) is 0.360. The van der Waals surface area contributed by atoms with Crippen molar-refractivity contribution in [2.45, 2.75) is 31.9 Å². The molecule has 1 aromatic heterocycles. The summed E-state index contributed by atoms with van der Waals surface area (Å²) in [6, 6.07) is 15.0. The summed E-state index contributed by atoms with van der Waals surface area (Å²) in [5.41, 5.74) is 2.71. The molecule has 174 valence electrons. The number of methoxy groups -OCH3 is 2. The molecule has 0 saturated carbocycles. The summed E-state index contributed by atoms with van der Waals surface area (Å²) < 4.78 is 16.2. The third-order valence-electron chi connectivity index (χ3n) is 5.73. The molecule has 1 N–H and O–H groups in total. The first-order valence-corrected chi connectivity index (χ1v) is 11.9. The van der Waals surface area contributed by atoms with Crippen molar-refractivity contribution < 1.29 is 19.0 Å². The molecular formula is C25H29N3O4S. The van der Waals surface area contributed by atoms with Crippen LogP contribution in [-0.4, -0.2) is 50.4 Å². The highest BCUT2D eigenvalue weighted by Crippen LogP contribution is 2.35. The fourth-order valence-electron chi connectivity index (χ4n) is 3.80. The Hall–Kier alpha value is -3.10. The number of hydrogen-bond acceptors (Lipinski definition) is 7. The van der Waals surface area contributed by atoms with E-state index in [0.29, 0.717) is 6.54 Å². The lowest BCUT2D eigenvalue weighted by Crippen LogP contribution is -2.45. The molecule has 0 radical (unpaired) electrons. The van der Waals surface area contributed by atoms with E-state index in [0.717, 1.165) is 53.0 Å². The second kappa shape index (κ2) is 10.7. The summed E-state index contributed by atoms with van der Waals surface area (Å²) in [5, 5.41) is 5.80. The Morgan fingerprint density at radius 1 is 1.15 bits per heavy atom. The maximum Gasteiger partial charge on any atom is 0.242 e. The van der Waals surface area contributed by atoms with Crippen LogP contribution in [0.3, 0.4) is 0 Å². The summed E-state index contributed by atoms with van der Waals surface area (Å²) >= 11 is 1.50. The molecule has 7 nitrogen and oxygen atoms in total. The van der Waals surface area contributed by atoms with Crippen molar-refractivity contribution in [1.29, 1.82) is 0 Å². The second-order valence-electron chi connectivity index (χ2n) is 7.87. The van der Waals surface area contributed by atoms with Crippen LogP contribution < -0.4 is 19.7 Å². The largest absolute Gasteiger partial charge is 0.497 e. The first-order valence-electron chi connectivity index (χ1n) is 11.0. The van der Waals surface area contributed by atoms with Gasteiger partial charge in [-0.25, -0.2) is 4.98 Å². The number of benzene rings is 2. The lowest BCUT2D eigenvalue weighted by Gasteiger charge is -2.28. The van der Waals surface area contributed by atoms with Gasteiger partial charge in [0.15, 0.2) is 5.13 Å². The number of nitrogens with one attached hydrogen (secondary N) is 1. The number of ether oxygens (including phenoxy) is 3. The molecule has 1 amide bonds. The Morgan fingerprint density at radius 3 is 2.42 bits per heavy atom. The van der Waals surface area contributed by atoms with Crippen molar-refractivity contribution in [3.8, 4) is 22.8 Å². The molecule has 3 aromatic rings. The van der Waals surface area contributed by atoms with Gasteiger partial charge in [-0.3, -0.25) is 4.79 Å². The van der Waals surface area contributed by atoms with Crippen LogP contribution in [0.25, 0.3) is 11.3 Å². The molecule has 33 heavy (non-hydrogen) atoms. The summed E-state index contributed by atoms with van der Waals surface area (Å²) in [7, 11) is 3.28. The van der Waals surface area contributed by atoms with Crippen molar-refractivity contribution >= 4 is 28.1 Å². The van der Waals surface area contributed by atoms with Crippen LogP contribution in [0.1, 0.15) is 19.8 Å². The highest BCUT2D eigenvalue weighted by molar-refractivity contribution is 7.14. The third-order valence-corrected chi connectivity index (χ3v) is 6.57. The van der Waals surface area contributed by atoms with Crippen LogP contribution in [0.5, 0.6) is 11.5 Å². The topological polar surface area (TPSA) is 72.9 Å². The van der Waals surface area contributed by atoms with Crippen molar-refractivity contribution in [2.24, 2.45) is 0 Å². The number of anilines is 2. The van der Waals surface area contributed by atoms with Crippen LogP contribution in [0, 0.1) is 0 Å². The van der Waals surface area contributed by atoms with Gasteiger partial charge in [-0.15, -0.1) is 11.3 Å². The van der Waals surface area contributed by atoms with Gasteiger partial charge in [-0.1, -0.05) is 0 Å². The average Bonchev–Trinajstić information content (AvgIpc) is 3.56. The fourth-order valence-corrected chi connectivity index (χ4v) is 4.73. The standard InChI is InChI=1S/C25H29N3O4S/c1-17(24(29)26-15-22-5-4-14-32-22)28(19-8-12-21(31-3)13-9-19)25-27-23(16-33-25)18-6-10-20(30-2)11-7-18/h6-13,16-17,22H,4-5,14-15H2,1-3H3,(H,26,29)/t17-,22-/m1/s1. The van der Waals surface area contributed by atoms with E-state index in [2.05, 4.69) is 5.32 Å². The number of rotatable bonds is 9. The van der Waals surface area contributed by atoms with E-state index in [9.17, 15) is 4.79 Å². The molecule has 1 fully saturated rings. The van der Waals surface area contributed by atoms with Crippen LogP contribution >= 0.6 is 11.3 Å². The summed E-state index contributed by atoms with van der Waals surface area (Å²) in [4.78, 5) is 19.9. The van der Waals surface area contributed by atoms with E-state index in [-0.39, 0.29) is 12.0 Å². The second-order valence-corrected chi connectivity index (χ2v) is 8.70. The van der Waals surface area contributed by atoms with Gasteiger partial charge in [-0.2, -0.15) is 0 Å². The summed E-state index contributed by atoms with van der Waals surface area (Å²) in [6.07, 6.45) is 2.12. The van der Waals surface area contributed by atoms with E-state index in [4.69, 9.17) is 19.2 Å². The molecule has 1 aliphatic heterocycles. The van der Waals surface area contributed by atoms with Crippen LogP contribution in [0.4, 0.5) is 10.8 Å². The molecule has 2 aromatic carbocycles. The molecule has 0 spiro atoms. The molecule has 0 bridgehead atoms. The summed E-state index contributed by atoms with van der Waals surface area (Å²) in [6.45, 7) is 3.18. The van der Waals surface area contributed by atoms with E-state index in [1.807, 2.05) is 65.7 Å². The molecule has 8 heteroatoms. The number of thiazole rings is 1. The number of carbonyl (C=O) groups excluding carboxylic acids is 1. The monoisotopic (exact) mass is 467 g/mol. The van der Waals surface area contributed by atoms with Crippen molar-refractivity contribution in [3.05, 3.63) is 53.9 Å². The minimum absolute atomic E-state index is 0.0671. The van der Waals surface area contributed by atoms with Crippen LogP contribution in [0.15, 0.2) is 53.9 Å². The molecule has 4 rings (SSSR count). The minimum Gasteiger partial charge on any atom is -0.497 e.